The Bertz CT molecular complexity index is 724. The fourth-order valence-corrected chi connectivity index (χ4v) is 2.85. The van der Waals surface area contributed by atoms with Gasteiger partial charge < -0.3 is 19.7 Å². The zero-order valence-electron chi connectivity index (χ0n) is 14.0. The molecular weight excluding hydrogens is 304 g/mol. The molecule has 3 rings (SSSR count). The lowest BCUT2D eigenvalue weighted by Gasteiger charge is -2.30. The van der Waals surface area contributed by atoms with Crippen molar-refractivity contribution in [3.63, 3.8) is 0 Å². The van der Waals surface area contributed by atoms with Crippen molar-refractivity contribution in [1.82, 2.24) is 0 Å². The van der Waals surface area contributed by atoms with Crippen LogP contribution in [0.5, 0.6) is 5.75 Å². The van der Waals surface area contributed by atoms with E-state index in [1.165, 1.54) is 0 Å². The van der Waals surface area contributed by atoms with Gasteiger partial charge >= 0.3 is 0 Å². The third-order valence-electron chi connectivity index (χ3n) is 4.10. The summed E-state index contributed by atoms with van der Waals surface area (Å²) in [5, 5.41) is 3.02. The number of morpholine rings is 1. The molecule has 5 nitrogen and oxygen atoms in total. The molecule has 24 heavy (non-hydrogen) atoms. The van der Waals surface area contributed by atoms with Crippen molar-refractivity contribution < 1.29 is 14.3 Å². The van der Waals surface area contributed by atoms with Crippen LogP contribution in [0.1, 0.15) is 15.9 Å². The number of amides is 1. The van der Waals surface area contributed by atoms with E-state index in [1.807, 2.05) is 49.4 Å². The first-order valence-electron chi connectivity index (χ1n) is 8.07. The third kappa shape index (κ3) is 3.51. The Kier molecular flexibility index (Phi) is 5.01. The van der Waals surface area contributed by atoms with Crippen molar-refractivity contribution in [2.45, 2.75) is 6.92 Å². The van der Waals surface area contributed by atoms with Crippen LogP contribution in [0.2, 0.25) is 0 Å². The minimum Gasteiger partial charge on any atom is -0.496 e. The highest BCUT2D eigenvalue weighted by Gasteiger charge is 2.18. The van der Waals surface area contributed by atoms with Crippen molar-refractivity contribution in [3.05, 3.63) is 53.6 Å². The fourth-order valence-electron chi connectivity index (χ4n) is 2.85. The van der Waals surface area contributed by atoms with Gasteiger partial charge in [-0.2, -0.15) is 0 Å². The molecule has 1 saturated heterocycles. The van der Waals surface area contributed by atoms with Crippen LogP contribution in [0.4, 0.5) is 11.4 Å². The monoisotopic (exact) mass is 326 g/mol. The summed E-state index contributed by atoms with van der Waals surface area (Å²) in [6, 6.07) is 13.4. The maximum absolute atomic E-state index is 12.7. The molecule has 126 valence electrons. The number of ether oxygens (including phenoxy) is 2. The molecule has 1 aliphatic rings. The number of benzene rings is 2. The van der Waals surface area contributed by atoms with Crippen molar-refractivity contribution in [2.75, 3.05) is 43.6 Å². The number of hydrogen-bond donors (Lipinski definition) is 1. The number of methoxy groups -OCH3 is 1. The van der Waals surface area contributed by atoms with Crippen LogP contribution < -0.4 is 15.0 Å². The van der Waals surface area contributed by atoms with Crippen molar-refractivity contribution in [1.29, 1.82) is 0 Å². The average molecular weight is 326 g/mol. The molecule has 0 atom stereocenters. The normalized spacial score (nSPS) is 14.3. The molecule has 1 amide bonds. The van der Waals surface area contributed by atoms with Crippen molar-refractivity contribution in [3.8, 4) is 5.75 Å². The van der Waals surface area contributed by atoms with Crippen LogP contribution in [0, 0.1) is 6.92 Å². The van der Waals surface area contributed by atoms with E-state index in [0.29, 0.717) is 24.5 Å². The van der Waals surface area contributed by atoms with Crippen molar-refractivity contribution >= 4 is 17.3 Å². The molecule has 1 fully saturated rings. The Hall–Kier alpha value is -2.53. The fraction of sp³-hybridized carbons (Fsp3) is 0.316. The summed E-state index contributed by atoms with van der Waals surface area (Å²) in [4.78, 5) is 15.0. The van der Waals surface area contributed by atoms with E-state index in [2.05, 4.69) is 10.2 Å². The van der Waals surface area contributed by atoms with Crippen LogP contribution in [0.15, 0.2) is 42.5 Å². The van der Waals surface area contributed by atoms with Crippen LogP contribution in [-0.4, -0.2) is 39.3 Å². The zero-order chi connectivity index (χ0) is 16.9. The highest BCUT2D eigenvalue weighted by Crippen LogP contribution is 2.28. The largest absolute Gasteiger partial charge is 0.496 e. The summed E-state index contributed by atoms with van der Waals surface area (Å²) in [6.45, 7) is 5.00. The van der Waals surface area contributed by atoms with Gasteiger partial charge in [-0.3, -0.25) is 4.79 Å². The molecule has 0 saturated carbocycles. The molecule has 0 aliphatic carbocycles. The average Bonchev–Trinajstić information content (AvgIpc) is 2.63. The third-order valence-corrected chi connectivity index (χ3v) is 4.10. The Morgan fingerprint density at radius 1 is 1.17 bits per heavy atom. The number of aryl methyl sites for hydroxylation is 1. The number of rotatable bonds is 4. The predicted molar refractivity (Wildman–Crippen MR) is 95.2 cm³/mol. The maximum Gasteiger partial charge on any atom is 0.259 e. The first-order chi connectivity index (χ1) is 11.7. The standard InChI is InChI=1S/C19H22N2O3/c1-14-7-8-18(23-2)15(13-14)19(22)20-16-5-3-4-6-17(16)21-9-11-24-12-10-21/h3-8,13H,9-12H2,1-2H3,(H,20,22). The Morgan fingerprint density at radius 3 is 2.67 bits per heavy atom. The first kappa shape index (κ1) is 16.3. The van der Waals surface area contributed by atoms with Gasteiger partial charge in [0.15, 0.2) is 0 Å². The molecule has 2 aromatic rings. The molecule has 5 heteroatoms. The van der Waals surface area contributed by atoms with Crippen LogP contribution in [0.25, 0.3) is 0 Å². The van der Waals surface area contributed by atoms with Gasteiger partial charge in [0.2, 0.25) is 0 Å². The Morgan fingerprint density at radius 2 is 1.92 bits per heavy atom. The first-order valence-corrected chi connectivity index (χ1v) is 8.07. The van der Waals surface area contributed by atoms with Gasteiger partial charge in [0, 0.05) is 13.1 Å². The highest BCUT2D eigenvalue weighted by atomic mass is 16.5. The van der Waals surface area contributed by atoms with Gasteiger partial charge in [-0.15, -0.1) is 0 Å². The molecule has 0 bridgehead atoms. The van der Waals surface area contributed by atoms with E-state index >= 15 is 0 Å². The maximum atomic E-state index is 12.7. The second kappa shape index (κ2) is 7.36. The Labute approximate surface area is 142 Å². The molecule has 2 aromatic carbocycles. The van der Waals surface area contributed by atoms with E-state index in [9.17, 15) is 4.79 Å². The van der Waals surface area contributed by atoms with Gasteiger partial charge in [0.25, 0.3) is 5.91 Å². The minimum atomic E-state index is -0.170. The van der Waals surface area contributed by atoms with Gasteiger partial charge in [0.1, 0.15) is 5.75 Å². The van der Waals surface area contributed by atoms with Crippen LogP contribution in [0.3, 0.4) is 0 Å². The van der Waals surface area contributed by atoms with Crippen molar-refractivity contribution in [2.24, 2.45) is 0 Å². The molecule has 0 radical (unpaired) electrons. The molecule has 0 aromatic heterocycles. The summed E-state index contributed by atoms with van der Waals surface area (Å²) in [5.74, 6) is 0.401. The quantitative estimate of drug-likeness (QED) is 0.938. The summed E-state index contributed by atoms with van der Waals surface area (Å²) < 4.78 is 10.7. The molecule has 0 spiro atoms. The summed E-state index contributed by atoms with van der Waals surface area (Å²) >= 11 is 0. The number of nitrogens with one attached hydrogen (secondary N) is 1. The van der Waals surface area contributed by atoms with E-state index < -0.39 is 0 Å². The van der Waals surface area contributed by atoms with E-state index in [0.717, 1.165) is 30.0 Å². The summed E-state index contributed by atoms with van der Waals surface area (Å²) in [7, 11) is 1.57. The highest BCUT2D eigenvalue weighted by molar-refractivity contribution is 6.07. The van der Waals surface area contributed by atoms with Gasteiger partial charge in [-0.1, -0.05) is 23.8 Å². The molecule has 1 N–H and O–H groups in total. The molecule has 1 heterocycles. The predicted octanol–water partition coefficient (Wildman–Crippen LogP) is 3.09. The second-order valence-electron chi connectivity index (χ2n) is 5.77. The number of nitrogens with zero attached hydrogens (tertiary/aromatic N) is 1. The topological polar surface area (TPSA) is 50.8 Å². The number of anilines is 2. The lowest BCUT2D eigenvalue weighted by Crippen LogP contribution is -2.36. The van der Waals surface area contributed by atoms with Crippen LogP contribution >= 0.6 is 0 Å². The second-order valence-corrected chi connectivity index (χ2v) is 5.77. The van der Waals surface area contributed by atoms with Crippen LogP contribution in [-0.2, 0) is 4.74 Å². The number of para-hydroxylation sites is 2. The molecular formula is C19H22N2O3. The van der Waals surface area contributed by atoms with E-state index in [1.54, 1.807) is 7.11 Å². The van der Waals surface area contributed by atoms with Gasteiger partial charge in [0.05, 0.1) is 37.3 Å². The number of carbonyl (C=O) groups excluding carboxylic acids is 1. The molecule has 1 aliphatic heterocycles. The SMILES string of the molecule is COc1ccc(C)cc1C(=O)Nc1ccccc1N1CCOCC1. The number of carbonyl (C=O) groups is 1. The lowest BCUT2D eigenvalue weighted by atomic mass is 10.1. The Balaban J connectivity index is 1.86. The summed E-state index contributed by atoms with van der Waals surface area (Å²) in [6.07, 6.45) is 0. The summed E-state index contributed by atoms with van der Waals surface area (Å²) in [5.41, 5.74) is 3.37. The zero-order valence-corrected chi connectivity index (χ0v) is 14.0. The minimum absolute atomic E-state index is 0.170. The smallest absolute Gasteiger partial charge is 0.259 e. The van der Waals surface area contributed by atoms with Gasteiger partial charge in [-0.05, 0) is 31.2 Å². The lowest BCUT2D eigenvalue weighted by molar-refractivity contribution is 0.102. The van der Waals surface area contributed by atoms with E-state index in [-0.39, 0.29) is 5.91 Å². The van der Waals surface area contributed by atoms with Gasteiger partial charge in [-0.25, -0.2) is 0 Å². The molecule has 0 unspecified atom stereocenters. The number of hydrogen-bond acceptors (Lipinski definition) is 4. The van der Waals surface area contributed by atoms with E-state index in [4.69, 9.17) is 9.47 Å².